The molecule has 2 aromatic heterocycles. The number of pyridine rings is 1. The number of nitrogens with zero attached hydrogens (tertiary/aromatic N) is 2. The van der Waals surface area contributed by atoms with E-state index in [1.165, 1.54) is 24.5 Å². The molecular formula is C15H11F3N2O3S. The van der Waals surface area contributed by atoms with Gasteiger partial charge in [0.15, 0.2) is 5.76 Å². The summed E-state index contributed by atoms with van der Waals surface area (Å²) in [5.41, 5.74) is -1.83. The Labute approximate surface area is 139 Å². The molecule has 2 rings (SSSR count). The zero-order valence-corrected chi connectivity index (χ0v) is 13.2. The van der Waals surface area contributed by atoms with E-state index in [0.29, 0.717) is 11.8 Å². The first-order chi connectivity index (χ1) is 11.4. The van der Waals surface area contributed by atoms with Gasteiger partial charge in [-0.25, -0.2) is 4.98 Å². The smallest absolute Gasteiger partial charge is 0.417 e. The highest BCUT2D eigenvalue weighted by Crippen LogP contribution is 2.37. The van der Waals surface area contributed by atoms with Crippen molar-refractivity contribution in [2.24, 2.45) is 0 Å². The largest absolute Gasteiger partial charge is 0.465 e. The molecule has 0 aliphatic rings. The lowest BCUT2D eigenvalue weighted by atomic mass is 10.1. The van der Waals surface area contributed by atoms with Crippen LogP contribution >= 0.6 is 11.8 Å². The molecule has 24 heavy (non-hydrogen) atoms. The molecule has 0 amide bonds. The van der Waals surface area contributed by atoms with Gasteiger partial charge in [-0.05, 0) is 25.1 Å². The predicted octanol–water partition coefficient (Wildman–Crippen LogP) is 3.89. The van der Waals surface area contributed by atoms with Gasteiger partial charge in [0.05, 0.1) is 29.7 Å². The van der Waals surface area contributed by atoms with Gasteiger partial charge in [0.25, 0.3) is 0 Å². The van der Waals surface area contributed by atoms with Gasteiger partial charge in [0, 0.05) is 0 Å². The molecule has 0 unspecified atom stereocenters. The molecule has 0 spiro atoms. The van der Waals surface area contributed by atoms with E-state index in [0.717, 1.165) is 6.07 Å². The molecule has 0 atom stereocenters. The molecule has 0 radical (unpaired) electrons. The molecule has 0 fully saturated rings. The molecule has 9 heteroatoms. The number of thioether (sulfide) groups is 1. The Morgan fingerprint density at radius 3 is 2.79 bits per heavy atom. The summed E-state index contributed by atoms with van der Waals surface area (Å²) in [5, 5.41) is 8.91. The standard InChI is InChI=1S/C15H11F3N2O3S/c1-2-22-13(21)8-24-14-9(7-19)10(15(16,17)18)6-11(20-14)12-4-3-5-23-12/h3-6H,2,8H2,1H3. The number of hydrogen-bond donors (Lipinski definition) is 0. The Morgan fingerprint density at radius 2 is 2.25 bits per heavy atom. The van der Waals surface area contributed by atoms with Crippen LogP contribution < -0.4 is 0 Å². The van der Waals surface area contributed by atoms with Crippen LogP contribution in [-0.2, 0) is 15.7 Å². The van der Waals surface area contributed by atoms with Crippen molar-refractivity contribution in [3.63, 3.8) is 0 Å². The SMILES string of the molecule is CCOC(=O)CSc1nc(-c2ccco2)cc(C(F)(F)F)c1C#N. The van der Waals surface area contributed by atoms with Crippen molar-refractivity contribution in [3.8, 4) is 17.5 Å². The maximum atomic E-state index is 13.2. The Morgan fingerprint density at radius 1 is 1.50 bits per heavy atom. The minimum Gasteiger partial charge on any atom is -0.465 e. The van der Waals surface area contributed by atoms with E-state index >= 15 is 0 Å². The van der Waals surface area contributed by atoms with Crippen molar-refractivity contribution < 1.29 is 27.1 Å². The van der Waals surface area contributed by atoms with Crippen molar-refractivity contribution in [2.75, 3.05) is 12.4 Å². The van der Waals surface area contributed by atoms with Gasteiger partial charge in [-0.3, -0.25) is 4.79 Å². The number of nitriles is 1. The van der Waals surface area contributed by atoms with Gasteiger partial charge >= 0.3 is 12.1 Å². The topological polar surface area (TPSA) is 76.1 Å². The Balaban J connectivity index is 2.49. The lowest BCUT2D eigenvalue weighted by Crippen LogP contribution is -2.12. The number of aromatic nitrogens is 1. The van der Waals surface area contributed by atoms with E-state index in [1.54, 1.807) is 6.92 Å². The maximum Gasteiger partial charge on any atom is 0.417 e. The summed E-state index contributed by atoms with van der Waals surface area (Å²) in [6.07, 6.45) is -3.44. The minimum atomic E-state index is -4.74. The average molecular weight is 356 g/mol. The quantitative estimate of drug-likeness (QED) is 0.598. The predicted molar refractivity (Wildman–Crippen MR) is 79.0 cm³/mol. The first-order valence-corrected chi connectivity index (χ1v) is 7.70. The van der Waals surface area contributed by atoms with E-state index in [9.17, 15) is 18.0 Å². The van der Waals surface area contributed by atoms with Crippen LogP contribution in [0.2, 0.25) is 0 Å². The van der Waals surface area contributed by atoms with Gasteiger partial charge in [-0.2, -0.15) is 18.4 Å². The first kappa shape index (κ1) is 17.9. The number of hydrogen-bond acceptors (Lipinski definition) is 6. The third kappa shape index (κ3) is 4.08. The number of halogens is 3. The molecule has 0 bridgehead atoms. The molecule has 126 valence electrons. The normalized spacial score (nSPS) is 11.1. The second kappa shape index (κ2) is 7.40. The third-order valence-corrected chi connectivity index (χ3v) is 3.76. The Kier molecular flexibility index (Phi) is 5.51. The van der Waals surface area contributed by atoms with Crippen LogP contribution in [0.25, 0.3) is 11.5 Å². The van der Waals surface area contributed by atoms with Crippen LogP contribution in [0.4, 0.5) is 13.2 Å². The highest BCUT2D eigenvalue weighted by atomic mass is 32.2. The minimum absolute atomic E-state index is 0.0716. The zero-order valence-electron chi connectivity index (χ0n) is 12.4. The number of alkyl halides is 3. The summed E-state index contributed by atoms with van der Waals surface area (Å²) in [6.45, 7) is 1.76. The number of rotatable bonds is 5. The van der Waals surface area contributed by atoms with Crippen LogP contribution in [0.1, 0.15) is 18.1 Å². The van der Waals surface area contributed by atoms with E-state index in [1.807, 2.05) is 0 Å². The summed E-state index contributed by atoms with van der Waals surface area (Å²) in [7, 11) is 0. The fourth-order valence-electron chi connectivity index (χ4n) is 1.84. The zero-order chi connectivity index (χ0) is 17.7. The molecule has 0 aromatic carbocycles. The summed E-state index contributed by atoms with van der Waals surface area (Å²) in [4.78, 5) is 15.4. The summed E-state index contributed by atoms with van der Waals surface area (Å²) in [5.74, 6) is -0.734. The van der Waals surface area contributed by atoms with E-state index in [4.69, 9.17) is 14.4 Å². The molecule has 0 aliphatic carbocycles. The number of carbonyl (C=O) groups excluding carboxylic acids is 1. The van der Waals surface area contributed by atoms with Crippen molar-refractivity contribution in [2.45, 2.75) is 18.1 Å². The second-order valence-corrected chi connectivity index (χ2v) is 5.38. The molecule has 0 N–H and O–H groups in total. The molecule has 0 aliphatic heterocycles. The average Bonchev–Trinajstić information content (AvgIpc) is 3.05. The molecule has 5 nitrogen and oxygen atoms in total. The Hall–Kier alpha value is -2.47. The van der Waals surface area contributed by atoms with Crippen molar-refractivity contribution in [1.29, 1.82) is 5.26 Å². The Bertz CT molecular complexity index is 768. The van der Waals surface area contributed by atoms with Gasteiger partial charge in [-0.15, -0.1) is 0 Å². The van der Waals surface area contributed by atoms with Gasteiger partial charge < -0.3 is 9.15 Å². The van der Waals surface area contributed by atoms with Crippen LogP contribution in [0, 0.1) is 11.3 Å². The number of carbonyl (C=O) groups is 1. The van der Waals surface area contributed by atoms with Crippen LogP contribution in [-0.4, -0.2) is 23.3 Å². The van der Waals surface area contributed by atoms with Crippen LogP contribution in [0.3, 0.4) is 0 Å². The monoisotopic (exact) mass is 356 g/mol. The fraction of sp³-hybridized carbons (Fsp3) is 0.267. The molecular weight excluding hydrogens is 345 g/mol. The molecule has 0 saturated carbocycles. The third-order valence-electron chi connectivity index (χ3n) is 2.81. The van der Waals surface area contributed by atoms with E-state index in [-0.39, 0.29) is 28.8 Å². The summed E-state index contributed by atoms with van der Waals surface area (Å²) in [6, 6.07) is 5.23. The molecule has 2 heterocycles. The van der Waals surface area contributed by atoms with E-state index < -0.39 is 23.3 Å². The van der Waals surface area contributed by atoms with Crippen LogP contribution in [0.5, 0.6) is 0 Å². The highest BCUT2D eigenvalue weighted by molar-refractivity contribution is 7.99. The maximum absolute atomic E-state index is 13.2. The fourth-order valence-corrected chi connectivity index (χ4v) is 2.64. The lowest BCUT2D eigenvalue weighted by Gasteiger charge is -2.13. The number of esters is 1. The van der Waals surface area contributed by atoms with E-state index in [2.05, 4.69) is 4.98 Å². The van der Waals surface area contributed by atoms with Gasteiger partial charge in [0.2, 0.25) is 0 Å². The number of ether oxygens (including phenoxy) is 1. The second-order valence-electron chi connectivity index (χ2n) is 4.42. The molecule has 2 aromatic rings. The van der Waals surface area contributed by atoms with Gasteiger partial charge in [-0.1, -0.05) is 11.8 Å². The summed E-state index contributed by atoms with van der Waals surface area (Å²) < 4.78 is 49.5. The lowest BCUT2D eigenvalue weighted by molar-refractivity contribution is -0.140. The summed E-state index contributed by atoms with van der Waals surface area (Å²) >= 11 is 0.712. The highest BCUT2D eigenvalue weighted by Gasteiger charge is 2.36. The van der Waals surface area contributed by atoms with Crippen molar-refractivity contribution >= 4 is 17.7 Å². The van der Waals surface area contributed by atoms with Crippen LogP contribution in [0.15, 0.2) is 33.9 Å². The first-order valence-electron chi connectivity index (χ1n) is 6.71. The van der Waals surface area contributed by atoms with Crippen molar-refractivity contribution in [1.82, 2.24) is 4.98 Å². The van der Waals surface area contributed by atoms with Gasteiger partial charge in [0.1, 0.15) is 16.8 Å². The number of furan rings is 1. The van der Waals surface area contributed by atoms with Crippen molar-refractivity contribution in [3.05, 3.63) is 35.6 Å². The molecule has 0 saturated heterocycles.